The van der Waals surface area contributed by atoms with E-state index in [0.29, 0.717) is 0 Å². The number of nitrogens with one attached hydrogen (secondary N) is 1. The quantitative estimate of drug-likeness (QED) is 0.798. The van der Waals surface area contributed by atoms with Crippen LogP contribution in [0.3, 0.4) is 0 Å². The van der Waals surface area contributed by atoms with Crippen molar-refractivity contribution in [2.24, 2.45) is 0 Å². The van der Waals surface area contributed by atoms with E-state index in [4.69, 9.17) is 11.6 Å². The molecule has 0 aromatic heterocycles. The Kier molecular flexibility index (Phi) is 5.68. The van der Waals surface area contributed by atoms with Crippen molar-refractivity contribution in [1.82, 2.24) is 5.32 Å². The maximum Gasteiger partial charge on any atom is 0.0511 e. The second kappa shape index (κ2) is 7.30. The number of nitrogens with zero attached hydrogens (tertiary/aromatic N) is 1. The maximum atomic E-state index is 5.97. The summed E-state index contributed by atoms with van der Waals surface area (Å²) in [5.41, 5.74) is 3.76. The van der Waals surface area contributed by atoms with E-state index in [-0.39, 0.29) is 6.04 Å². The molecule has 2 nitrogen and oxygen atoms in total. The third kappa shape index (κ3) is 4.00. The first-order valence-corrected chi connectivity index (χ1v) is 8.11. The fourth-order valence-corrected chi connectivity index (χ4v) is 2.94. The molecule has 4 heteroatoms. The van der Waals surface area contributed by atoms with Crippen LogP contribution in [0.15, 0.2) is 46.9 Å². The van der Waals surface area contributed by atoms with Gasteiger partial charge in [0.2, 0.25) is 0 Å². The zero-order chi connectivity index (χ0) is 15.4. The van der Waals surface area contributed by atoms with E-state index in [9.17, 15) is 0 Å². The van der Waals surface area contributed by atoms with Crippen LogP contribution in [0, 0.1) is 0 Å². The van der Waals surface area contributed by atoms with Gasteiger partial charge in [0.1, 0.15) is 0 Å². The normalized spacial score (nSPS) is 12.2. The lowest BCUT2D eigenvalue weighted by Crippen LogP contribution is -2.23. The third-order valence-corrected chi connectivity index (χ3v) is 4.47. The average Bonchev–Trinajstić information content (AvgIpc) is 2.47. The van der Waals surface area contributed by atoms with Crippen LogP contribution in [0.25, 0.3) is 0 Å². The monoisotopic (exact) mass is 366 g/mol. The van der Waals surface area contributed by atoms with E-state index in [0.717, 1.165) is 16.0 Å². The molecule has 0 saturated carbocycles. The van der Waals surface area contributed by atoms with Crippen molar-refractivity contribution in [2.75, 3.05) is 19.0 Å². The van der Waals surface area contributed by atoms with Gasteiger partial charge in [-0.3, -0.25) is 0 Å². The van der Waals surface area contributed by atoms with Crippen LogP contribution in [0.4, 0.5) is 5.69 Å². The van der Waals surface area contributed by atoms with Crippen molar-refractivity contribution in [2.45, 2.75) is 19.5 Å². The number of hydrogen-bond donors (Lipinski definition) is 1. The SMILES string of the molecule is CNCc1cc(Br)ccc1N(C)C(C)c1ccc(Cl)cc1. The van der Waals surface area contributed by atoms with Gasteiger partial charge in [-0.15, -0.1) is 0 Å². The Morgan fingerprint density at radius 1 is 1.19 bits per heavy atom. The highest BCUT2D eigenvalue weighted by atomic mass is 79.9. The van der Waals surface area contributed by atoms with Crippen LogP contribution in [-0.2, 0) is 6.54 Å². The minimum atomic E-state index is 0.277. The molecular formula is C17H20BrClN2. The molecule has 2 aromatic rings. The average molecular weight is 368 g/mol. The van der Waals surface area contributed by atoms with Gasteiger partial charge in [-0.1, -0.05) is 39.7 Å². The second-order valence-electron chi connectivity index (χ2n) is 5.14. The Balaban J connectivity index is 2.30. The highest BCUT2D eigenvalue weighted by Crippen LogP contribution is 2.30. The molecule has 2 rings (SSSR count). The molecule has 0 aliphatic rings. The Labute approximate surface area is 140 Å². The van der Waals surface area contributed by atoms with Gasteiger partial charge in [-0.25, -0.2) is 0 Å². The summed E-state index contributed by atoms with van der Waals surface area (Å²) in [5, 5.41) is 4.00. The summed E-state index contributed by atoms with van der Waals surface area (Å²) < 4.78 is 1.10. The first kappa shape index (κ1) is 16.3. The minimum Gasteiger partial charge on any atom is -0.368 e. The highest BCUT2D eigenvalue weighted by molar-refractivity contribution is 9.10. The Hall–Kier alpha value is -1.03. The molecule has 0 radical (unpaired) electrons. The lowest BCUT2D eigenvalue weighted by molar-refractivity contribution is 0.726. The number of halogens is 2. The van der Waals surface area contributed by atoms with Crippen LogP contribution >= 0.6 is 27.5 Å². The van der Waals surface area contributed by atoms with Crippen molar-refractivity contribution in [3.05, 3.63) is 63.1 Å². The van der Waals surface area contributed by atoms with Gasteiger partial charge >= 0.3 is 0 Å². The highest BCUT2D eigenvalue weighted by Gasteiger charge is 2.15. The molecular weight excluding hydrogens is 348 g/mol. The Morgan fingerprint density at radius 3 is 2.48 bits per heavy atom. The van der Waals surface area contributed by atoms with Crippen molar-refractivity contribution >= 4 is 33.2 Å². The number of anilines is 1. The van der Waals surface area contributed by atoms with Gasteiger partial charge in [0, 0.05) is 28.8 Å². The van der Waals surface area contributed by atoms with Gasteiger partial charge in [0.05, 0.1) is 6.04 Å². The summed E-state index contributed by atoms with van der Waals surface area (Å²) in [4.78, 5) is 2.29. The summed E-state index contributed by atoms with van der Waals surface area (Å²) in [6.45, 7) is 3.04. The summed E-state index contributed by atoms with van der Waals surface area (Å²) in [7, 11) is 4.09. The van der Waals surface area contributed by atoms with E-state index in [1.54, 1.807) is 0 Å². The standard InChI is InChI=1S/C17H20BrClN2/c1-12(13-4-7-16(19)8-5-13)21(3)17-9-6-15(18)10-14(17)11-20-2/h4-10,12,20H,11H2,1-3H3. The van der Waals surface area contributed by atoms with Gasteiger partial charge in [-0.2, -0.15) is 0 Å². The Bertz CT molecular complexity index is 598. The molecule has 0 saturated heterocycles. The van der Waals surface area contributed by atoms with Gasteiger partial charge in [0.25, 0.3) is 0 Å². The van der Waals surface area contributed by atoms with Crippen LogP contribution in [0.5, 0.6) is 0 Å². The number of benzene rings is 2. The van der Waals surface area contributed by atoms with Gasteiger partial charge in [0.15, 0.2) is 0 Å². The predicted octanol–water partition coefficient (Wildman–Crippen LogP) is 5.02. The number of hydrogen-bond acceptors (Lipinski definition) is 2. The lowest BCUT2D eigenvalue weighted by atomic mass is 10.1. The molecule has 21 heavy (non-hydrogen) atoms. The van der Waals surface area contributed by atoms with E-state index >= 15 is 0 Å². The molecule has 112 valence electrons. The van der Waals surface area contributed by atoms with E-state index in [1.165, 1.54) is 16.8 Å². The van der Waals surface area contributed by atoms with Crippen molar-refractivity contribution in [3.63, 3.8) is 0 Å². The predicted molar refractivity (Wildman–Crippen MR) is 95.2 cm³/mol. The van der Waals surface area contributed by atoms with E-state index in [1.807, 2.05) is 19.2 Å². The fraction of sp³-hybridized carbons (Fsp3) is 0.294. The van der Waals surface area contributed by atoms with Crippen LogP contribution in [0.2, 0.25) is 5.02 Å². The largest absolute Gasteiger partial charge is 0.368 e. The van der Waals surface area contributed by atoms with Crippen LogP contribution in [-0.4, -0.2) is 14.1 Å². The first-order chi connectivity index (χ1) is 10.0. The molecule has 0 aliphatic carbocycles. The van der Waals surface area contributed by atoms with E-state index in [2.05, 4.69) is 70.4 Å². The van der Waals surface area contributed by atoms with Crippen molar-refractivity contribution in [3.8, 4) is 0 Å². The molecule has 0 spiro atoms. The van der Waals surface area contributed by atoms with Crippen molar-refractivity contribution in [1.29, 1.82) is 0 Å². The van der Waals surface area contributed by atoms with Crippen molar-refractivity contribution < 1.29 is 0 Å². The topological polar surface area (TPSA) is 15.3 Å². The lowest BCUT2D eigenvalue weighted by Gasteiger charge is -2.29. The summed E-state index contributed by atoms with van der Waals surface area (Å²) in [5.74, 6) is 0. The molecule has 0 bridgehead atoms. The smallest absolute Gasteiger partial charge is 0.0511 e. The summed E-state index contributed by atoms with van der Waals surface area (Å²) >= 11 is 9.51. The molecule has 0 amide bonds. The molecule has 0 fully saturated rings. The molecule has 1 unspecified atom stereocenters. The zero-order valence-corrected chi connectivity index (χ0v) is 14.9. The zero-order valence-electron chi connectivity index (χ0n) is 12.5. The molecule has 0 heterocycles. The molecule has 1 N–H and O–H groups in total. The van der Waals surface area contributed by atoms with Crippen LogP contribution < -0.4 is 10.2 Å². The first-order valence-electron chi connectivity index (χ1n) is 6.94. The van der Waals surface area contributed by atoms with Gasteiger partial charge in [-0.05, 0) is 55.4 Å². The molecule has 2 aromatic carbocycles. The minimum absolute atomic E-state index is 0.277. The summed E-state index contributed by atoms with van der Waals surface area (Å²) in [6.07, 6.45) is 0. The maximum absolute atomic E-state index is 5.97. The van der Waals surface area contributed by atoms with E-state index < -0.39 is 0 Å². The molecule has 1 atom stereocenters. The second-order valence-corrected chi connectivity index (χ2v) is 6.49. The fourth-order valence-electron chi connectivity index (χ4n) is 2.40. The molecule has 0 aliphatic heterocycles. The van der Waals surface area contributed by atoms with Gasteiger partial charge < -0.3 is 10.2 Å². The summed E-state index contributed by atoms with van der Waals surface area (Å²) in [6, 6.07) is 14.7. The Morgan fingerprint density at radius 2 is 1.86 bits per heavy atom. The van der Waals surface area contributed by atoms with Crippen LogP contribution in [0.1, 0.15) is 24.1 Å². The third-order valence-electron chi connectivity index (χ3n) is 3.72. The number of rotatable bonds is 5.